The largest absolute Gasteiger partial charge is 0.493 e. The van der Waals surface area contributed by atoms with Gasteiger partial charge in [-0.25, -0.2) is 0 Å². The lowest BCUT2D eigenvalue weighted by Gasteiger charge is -2.15. The molecule has 122 valence electrons. The fraction of sp³-hybridized carbons (Fsp3) is 0.368. The molecule has 1 saturated carbocycles. The zero-order valence-electron chi connectivity index (χ0n) is 13.3. The molecule has 1 fully saturated rings. The Morgan fingerprint density at radius 1 is 1.13 bits per heavy atom. The minimum absolute atomic E-state index is 0.548. The van der Waals surface area contributed by atoms with Gasteiger partial charge in [0.1, 0.15) is 6.61 Å². The highest BCUT2D eigenvalue weighted by Gasteiger charge is 2.20. The van der Waals surface area contributed by atoms with Gasteiger partial charge in [-0.15, -0.1) is 0 Å². The molecule has 0 atom stereocenters. The van der Waals surface area contributed by atoms with E-state index in [9.17, 15) is 0 Å². The standard InChI is InChI=1S/C19H22INO2/c1-22-18-10-16(12-21-11-14-7-8-14)9-17(20)19(18)23-13-15-5-3-2-4-6-15/h2-6,9-10,14,21H,7-8,11-13H2,1H3. The number of hydrogen-bond acceptors (Lipinski definition) is 3. The fourth-order valence-electron chi connectivity index (χ4n) is 2.49. The highest BCUT2D eigenvalue weighted by atomic mass is 127. The van der Waals surface area contributed by atoms with Crippen molar-refractivity contribution < 1.29 is 9.47 Å². The molecule has 0 unspecified atom stereocenters. The second-order valence-corrected chi connectivity index (χ2v) is 7.12. The van der Waals surface area contributed by atoms with Crippen molar-refractivity contribution in [3.63, 3.8) is 0 Å². The van der Waals surface area contributed by atoms with E-state index in [4.69, 9.17) is 9.47 Å². The maximum absolute atomic E-state index is 6.00. The zero-order chi connectivity index (χ0) is 16.1. The summed E-state index contributed by atoms with van der Waals surface area (Å²) < 4.78 is 12.6. The number of ether oxygens (including phenoxy) is 2. The van der Waals surface area contributed by atoms with E-state index in [1.807, 2.05) is 18.2 Å². The lowest BCUT2D eigenvalue weighted by atomic mass is 10.2. The molecule has 0 radical (unpaired) electrons. The summed E-state index contributed by atoms with van der Waals surface area (Å²) in [7, 11) is 1.70. The predicted molar refractivity (Wildman–Crippen MR) is 101 cm³/mol. The van der Waals surface area contributed by atoms with Crippen LogP contribution in [0.3, 0.4) is 0 Å². The first-order chi connectivity index (χ1) is 11.3. The van der Waals surface area contributed by atoms with Gasteiger partial charge in [-0.1, -0.05) is 30.3 Å². The first-order valence-corrected chi connectivity index (χ1v) is 9.08. The molecule has 1 N–H and O–H groups in total. The molecule has 0 saturated heterocycles. The molecule has 3 nitrogen and oxygen atoms in total. The summed E-state index contributed by atoms with van der Waals surface area (Å²) in [5, 5.41) is 3.52. The van der Waals surface area contributed by atoms with Gasteiger partial charge in [0, 0.05) is 6.54 Å². The van der Waals surface area contributed by atoms with E-state index in [1.165, 1.54) is 18.4 Å². The molecular formula is C19H22INO2. The Bertz CT molecular complexity index is 641. The Kier molecular flexibility index (Phi) is 5.78. The Balaban J connectivity index is 1.66. The number of methoxy groups -OCH3 is 1. The van der Waals surface area contributed by atoms with Crippen molar-refractivity contribution in [2.24, 2.45) is 5.92 Å². The second kappa shape index (κ2) is 8.02. The minimum Gasteiger partial charge on any atom is -0.493 e. The van der Waals surface area contributed by atoms with Gasteiger partial charge in [0.05, 0.1) is 10.7 Å². The van der Waals surface area contributed by atoms with Crippen LogP contribution in [0.25, 0.3) is 0 Å². The third-order valence-electron chi connectivity index (χ3n) is 3.97. The molecule has 2 aromatic carbocycles. The van der Waals surface area contributed by atoms with E-state index in [-0.39, 0.29) is 0 Å². The highest BCUT2D eigenvalue weighted by Crippen LogP contribution is 2.34. The van der Waals surface area contributed by atoms with Crippen LogP contribution in [0.2, 0.25) is 0 Å². The van der Waals surface area contributed by atoms with Gasteiger partial charge in [0.15, 0.2) is 11.5 Å². The molecule has 0 aliphatic heterocycles. The molecule has 1 aliphatic rings. The van der Waals surface area contributed by atoms with Crippen LogP contribution in [0, 0.1) is 9.49 Å². The maximum atomic E-state index is 6.00. The van der Waals surface area contributed by atoms with Gasteiger partial charge >= 0.3 is 0 Å². The van der Waals surface area contributed by atoms with Crippen LogP contribution < -0.4 is 14.8 Å². The summed E-state index contributed by atoms with van der Waals surface area (Å²) in [4.78, 5) is 0. The zero-order valence-corrected chi connectivity index (χ0v) is 15.5. The van der Waals surface area contributed by atoms with Gasteiger partial charge in [0.25, 0.3) is 0 Å². The predicted octanol–water partition coefficient (Wildman–Crippen LogP) is 4.38. The van der Waals surface area contributed by atoms with Crippen LogP contribution in [0.4, 0.5) is 0 Å². The maximum Gasteiger partial charge on any atom is 0.174 e. The first-order valence-electron chi connectivity index (χ1n) is 8.00. The summed E-state index contributed by atoms with van der Waals surface area (Å²) in [5.41, 5.74) is 2.39. The molecule has 0 heterocycles. The van der Waals surface area contributed by atoms with Crippen molar-refractivity contribution in [2.75, 3.05) is 13.7 Å². The van der Waals surface area contributed by atoms with Crippen molar-refractivity contribution in [2.45, 2.75) is 26.0 Å². The molecule has 1 aliphatic carbocycles. The minimum atomic E-state index is 0.548. The van der Waals surface area contributed by atoms with Crippen LogP contribution in [0.1, 0.15) is 24.0 Å². The Labute approximate surface area is 151 Å². The summed E-state index contributed by atoms with van der Waals surface area (Å²) in [6.45, 7) is 2.54. The number of halogens is 1. The molecule has 2 aromatic rings. The van der Waals surface area contributed by atoms with E-state index < -0.39 is 0 Å². The SMILES string of the molecule is COc1cc(CNCC2CC2)cc(I)c1OCc1ccccc1. The Morgan fingerprint density at radius 2 is 1.91 bits per heavy atom. The smallest absolute Gasteiger partial charge is 0.174 e. The van der Waals surface area contributed by atoms with Gasteiger partial charge in [-0.05, 0) is 71.2 Å². The van der Waals surface area contributed by atoms with Crippen LogP contribution in [-0.2, 0) is 13.2 Å². The van der Waals surface area contributed by atoms with Gasteiger partial charge in [-0.3, -0.25) is 0 Å². The number of benzene rings is 2. The summed E-state index contributed by atoms with van der Waals surface area (Å²) in [6.07, 6.45) is 2.75. The third-order valence-corrected chi connectivity index (χ3v) is 4.78. The van der Waals surface area contributed by atoms with E-state index in [0.29, 0.717) is 6.61 Å². The molecule has 0 aromatic heterocycles. The van der Waals surface area contributed by atoms with E-state index in [0.717, 1.165) is 39.6 Å². The number of rotatable bonds is 8. The number of hydrogen-bond donors (Lipinski definition) is 1. The molecule has 0 bridgehead atoms. The molecule has 23 heavy (non-hydrogen) atoms. The Morgan fingerprint density at radius 3 is 2.61 bits per heavy atom. The summed E-state index contributed by atoms with van der Waals surface area (Å²) in [6, 6.07) is 14.4. The van der Waals surface area contributed by atoms with E-state index >= 15 is 0 Å². The van der Waals surface area contributed by atoms with Gasteiger partial charge < -0.3 is 14.8 Å². The van der Waals surface area contributed by atoms with Crippen molar-refractivity contribution in [1.29, 1.82) is 0 Å². The lowest BCUT2D eigenvalue weighted by molar-refractivity contribution is 0.282. The monoisotopic (exact) mass is 423 g/mol. The van der Waals surface area contributed by atoms with Crippen LogP contribution in [0.15, 0.2) is 42.5 Å². The molecular weight excluding hydrogens is 401 g/mol. The lowest BCUT2D eigenvalue weighted by Crippen LogP contribution is -2.16. The summed E-state index contributed by atoms with van der Waals surface area (Å²) in [5.74, 6) is 2.52. The number of nitrogens with one attached hydrogen (secondary N) is 1. The fourth-order valence-corrected chi connectivity index (χ4v) is 3.31. The molecule has 0 spiro atoms. The highest BCUT2D eigenvalue weighted by molar-refractivity contribution is 14.1. The van der Waals surface area contributed by atoms with Crippen LogP contribution in [-0.4, -0.2) is 13.7 Å². The summed E-state index contributed by atoms with van der Waals surface area (Å²) >= 11 is 2.32. The van der Waals surface area contributed by atoms with Crippen LogP contribution >= 0.6 is 22.6 Å². The normalized spacial score (nSPS) is 13.8. The third kappa shape index (κ3) is 4.85. The van der Waals surface area contributed by atoms with Crippen LogP contribution in [0.5, 0.6) is 11.5 Å². The molecule has 0 amide bonds. The van der Waals surface area contributed by atoms with Crippen molar-refractivity contribution in [1.82, 2.24) is 5.32 Å². The average molecular weight is 423 g/mol. The topological polar surface area (TPSA) is 30.5 Å². The second-order valence-electron chi connectivity index (χ2n) is 5.96. The van der Waals surface area contributed by atoms with Crippen molar-refractivity contribution in [3.8, 4) is 11.5 Å². The molecule has 4 heteroatoms. The van der Waals surface area contributed by atoms with Gasteiger partial charge in [-0.2, -0.15) is 0 Å². The van der Waals surface area contributed by atoms with Crippen molar-refractivity contribution >= 4 is 22.6 Å². The average Bonchev–Trinajstić information content (AvgIpc) is 3.38. The Hall–Kier alpha value is -1.27. The first kappa shape index (κ1) is 16.6. The van der Waals surface area contributed by atoms with Gasteiger partial charge in [0.2, 0.25) is 0 Å². The van der Waals surface area contributed by atoms with Crippen molar-refractivity contribution in [3.05, 3.63) is 57.2 Å². The van der Waals surface area contributed by atoms with E-state index in [1.54, 1.807) is 7.11 Å². The quantitative estimate of drug-likeness (QED) is 0.640. The molecule has 3 rings (SSSR count). The van der Waals surface area contributed by atoms with E-state index in [2.05, 4.69) is 52.2 Å².